The molecule has 0 aliphatic rings. The second-order valence-electron chi connectivity index (χ2n) is 5.00. The van der Waals surface area contributed by atoms with Crippen molar-refractivity contribution in [2.24, 2.45) is 5.10 Å². The number of halogens is 2. The molecule has 2 aromatic carbocycles. The van der Waals surface area contributed by atoms with Gasteiger partial charge >= 0.3 is 11.8 Å². The van der Waals surface area contributed by atoms with Gasteiger partial charge in [-0.15, -0.1) is 0 Å². The molecule has 0 aliphatic carbocycles. The highest BCUT2D eigenvalue weighted by atomic mass is 35.5. The number of carbonyl (C=O) groups is 2. The summed E-state index contributed by atoms with van der Waals surface area (Å²) >= 11 is 11.9. The zero-order valence-corrected chi connectivity index (χ0v) is 14.4. The molecule has 2 aromatic rings. The molecule has 0 aromatic heterocycles. The van der Waals surface area contributed by atoms with Crippen molar-refractivity contribution in [3.05, 3.63) is 69.2 Å². The molecule has 0 saturated heterocycles. The monoisotopic (exact) mass is 363 g/mol. The molecule has 0 fully saturated rings. The quantitative estimate of drug-likeness (QED) is 0.497. The largest absolute Gasteiger partial charge is 0.344 e. The van der Waals surface area contributed by atoms with Crippen LogP contribution in [-0.2, 0) is 16.1 Å². The van der Waals surface area contributed by atoms with Crippen LogP contribution in [0.3, 0.4) is 0 Å². The van der Waals surface area contributed by atoms with Crippen molar-refractivity contribution in [1.82, 2.24) is 10.7 Å². The Balaban J connectivity index is 1.86. The van der Waals surface area contributed by atoms with Crippen molar-refractivity contribution in [3.8, 4) is 0 Å². The molecule has 0 atom stereocenters. The van der Waals surface area contributed by atoms with Crippen molar-refractivity contribution < 1.29 is 9.59 Å². The molecule has 0 aliphatic heterocycles. The molecule has 2 amide bonds. The number of nitrogens with one attached hydrogen (secondary N) is 2. The summed E-state index contributed by atoms with van der Waals surface area (Å²) in [6, 6.07) is 12.6. The lowest BCUT2D eigenvalue weighted by atomic mass is 10.1. The van der Waals surface area contributed by atoms with E-state index in [0.717, 1.165) is 11.1 Å². The van der Waals surface area contributed by atoms with Crippen LogP contribution in [0, 0.1) is 6.92 Å². The molecule has 0 bridgehead atoms. The van der Waals surface area contributed by atoms with Gasteiger partial charge in [0.2, 0.25) is 0 Å². The Kier molecular flexibility index (Phi) is 6.35. The predicted octanol–water partition coefficient (Wildman–Crippen LogP) is 3.07. The van der Waals surface area contributed by atoms with Crippen molar-refractivity contribution in [2.75, 3.05) is 0 Å². The molecule has 0 unspecified atom stereocenters. The second kappa shape index (κ2) is 8.47. The van der Waals surface area contributed by atoms with Crippen LogP contribution in [-0.4, -0.2) is 18.0 Å². The van der Waals surface area contributed by atoms with Gasteiger partial charge in [0.1, 0.15) is 0 Å². The van der Waals surface area contributed by atoms with E-state index in [9.17, 15) is 9.59 Å². The molecule has 2 N–H and O–H groups in total. The van der Waals surface area contributed by atoms with Crippen molar-refractivity contribution in [1.29, 1.82) is 0 Å². The van der Waals surface area contributed by atoms with Gasteiger partial charge in [-0.1, -0.05) is 59.1 Å². The Hall–Kier alpha value is -2.37. The van der Waals surface area contributed by atoms with Crippen LogP contribution in [0.15, 0.2) is 47.6 Å². The maximum Gasteiger partial charge on any atom is 0.329 e. The van der Waals surface area contributed by atoms with Gasteiger partial charge in [-0.3, -0.25) is 9.59 Å². The van der Waals surface area contributed by atoms with Crippen LogP contribution in [0.4, 0.5) is 0 Å². The summed E-state index contributed by atoms with van der Waals surface area (Å²) in [5.74, 6) is -1.65. The maximum absolute atomic E-state index is 11.7. The van der Waals surface area contributed by atoms with Gasteiger partial charge in [0.25, 0.3) is 0 Å². The minimum Gasteiger partial charge on any atom is -0.344 e. The Labute approximate surface area is 149 Å². The Morgan fingerprint density at radius 2 is 1.67 bits per heavy atom. The van der Waals surface area contributed by atoms with Gasteiger partial charge in [0.05, 0.1) is 16.3 Å². The van der Waals surface area contributed by atoms with E-state index in [1.807, 2.05) is 31.2 Å². The van der Waals surface area contributed by atoms with Crippen LogP contribution in [0.5, 0.6) is 0 Å². The molecular formula is C17H15Cl2N3O2. The minimum atomic E-state index is -0.874. The zero-order valence-electron chi connectivity index (χ0n) is 12.8. The van der Waals surface area contributed by atoms with E-state index in [-0.39, 0.29) is 6.54 Å². The number of hydrogen-bond acceptors (Lipinski definition) is 3. The summed E-state index contributed by atoms with van der Waals surface area (Å²) in [5.41, 5.74) is 4.61. The topological polar surface area (TPSA) is 70.6 Å². The molecule has 7 heteroatoms. The lowest BCUT2D eigenvalue weighted by Gasteiger charge is -2.05. The van der Waals surface area contributed by atoms with E-state index in [2.05, 4.69) is 15.8 Å². The van der Waals surface area contributed by atoms with Crippen LogP contribution in [0.25, 0.3) is 0 Å². The van der Waals surface area contributed by atoms with E-state index >= 15 is 0 Å². The Morgan fingerprint density at radius 1 is 1.04 bits per heavy atom. The summed E-state index contributed by atoms with van der Waals surface area (Å²) in [6.07, 6.45) is 1.29. The fourth-order valence-corrected chi connectivity index (χ4v) is 2.30. The molecule has 124 valence electrons. The fourth-order valence-electron chi connectivity index (χ4n) is 1.81. The van der Waals surface area contributed by atoms with Gasteiger partial charge in [0, 0.05) is 12.1 Å². The molecule has 24 heavy (non-hydrogen) atoms. The minimum absolute atomic E-state index is 0.257. The van der Waals surface area contributed by atoms with E-state index < -0.39 is 11.8 Å². The third-order valence-corrected chi connectivity index (χ3v) is 3.80. The van der Waals surface area contributed by atoms with E-state index in [4.69, 9.17) is 23.2 Å². The lowest BCUT2D eigenvalue weighted by Crippen LogP contribution is -2.37. The van der Waals surface area contributed by atoms with E-state index in [1.165, 1.54) is 6.21 Å². The number of carbonyl (C=O) groups excluding carboxylic acids is 2. The van der Waals surface area contributed by atoms with Crippen LogP contribution in [0.1, 0.15) is 16.7 Å². The average Bonchev–Trinajstić information content (AvgIpc) is 2.56. The van der Waals surface area contributed by atoms with Gasteiger partial charge in [-0.05, 0) is 24.6 Å². The number of hydrogen-bond donors (Lipinski definition) is 2. The van der Waals surface area contributed by atoms with Gasteiger partial charge in [-0.2, -0.15) is 5.10 Å². The molecule has 0 spiro atoms. The van der Waals surface area contributed by atoms with Crippen LogP contribution >= 0.6 is 23.2 Å². The highest BCUT2D eigenvalue weighted by Gasteiger charge is 2.12. The predicted molar refractivity (Wildman–Crippen MR) is 95.2 cm³/mol. The first kappa shape index (κ1) is 18.0. The van der Waals surface area contributed by atoms with Crippen LogP contribution < -0.4 is 10.7 Å². The molecule has 5 nitrogen and oxygen atoms in total. The summed E-state index contributed by atoms with van der Waals surface area (Å²) in [6.45, 7) is 2.23. The normalized spacial score (nSPS) is 10.6. The molecule has 0 radical (unpaired) electrons. The first-order valence-corrected chi connectivity index (χ1v) is 7.84. The highest BCUT2D eigenvalue weighted by Crippen LogP contribution is 2.21. The van der Waals surface area contributed by atoms with Gasteiger partial charge in [0.15, 0.2) is 0 Å². The smallest absolute Gasteiger partial charge is 0.329 e. The first-order chi connectivity index (χ1) is 11.5. The number of amides is 2. The number of aryl methyl sites for hydroxylation is 1. The third-order valence-electron chi connectivity index (χ3n) is 3.14. The van der Waals surface area contributed by atoms with Crippen LogP contribution in [0.2, 0.25) is 10.0 Å². The molecule has 2 rings (SSSR count). The fraction of sp³-hybridized carbons (Fsp3) is 0.118. The summed E-state index contributed by atoms with van der Waals surface area (Å²) in [5, 5.41) is 7.00. The second-order valence-corrected chi connectivity index (χ2v) is 5.82. The standard InChI is InChI=1S/C17H15Cl2N3O2/c1-11-5-7-12(8-6-11)9-20-16(23)17(24)22-21-10-13-14(18)3-2-4-15(13)19/h2-8,10H,9H2,1H3,(H,20,23)(H,22,24)/b21-10-. The number of rotatable bonds is 4. The highest BCUT2D eigenvalue weighted by molar-refractivity contribution is 6.38. The first-order valence-electron chi connectivity index (χ1n) is 7.08. The van der Waals surface area contributed by atoms with Crippen molar-refractivity contribution in [3.63, 3.8) is 0 Å². The summed E-state index contributed by atoms with van der Waals surface area (Å²) < 4.78 is 0. The number of benzene rings is 2. The molecular weight excluding hydrogens is 349 g/mol. The van der Waals surface area contributed by atoms with E-state index in [1.54, 1.807) is 18.2 Å². The molecule has 0 heterocycles. The third kappa shape index (κ3) is 5.08. The summed E-state index contributed by atoms with van der Waals surface area (Å²) in [7, 11) is 0. The zero-order chi connectivity index (χ0) is 17.5. The Morgan fingerprint density at radius 3 is 2.29 bits per heavy atom. The number of hydrazone groups is 1. The SMILES string of the molecule is Cc1ccc(CNC(=O)C(=O)N/N=C\c2c(Cl)cccc2Cl)cc1. The maximum atomic E-state index is 11.7. The number of nitrogens with zero attached hydrogens (tertiary/aromatic N) is 1. The van der Waals surface area contributed by atoms with Crippen molar-refractivity contribution >= 4 is 41.2 Å². The van der Waals surface area contributed by atoms with E-state index in [0.29, 0.717) is 15.6 Å². The average molecular weight is 364 g/mol. The van der Waals surface area contributed by atoms with Crippen molar-refractivity contribution in [2.45, 2.75) is 13.5 Å². The van der Waals surface area contributed by atoms with Gasteiger partial charge < -0.3 is 5.32 Å². The summed E-state index contributed by atoms with van der Waals surface area (Å²) in [4.78, 5) is 23.4. The Bertz CT molecular complexity index is 754. The van der Waals surface area contributed by atoms with Gasteiger partial charge in [-0.25, -0.2) is 5.43 Å². The molecule has 0 saturated carbocycles. The lowest BCUT2D eigenvalue weighted by molar-refractivity contribution is -0.139.